The predicted octanol–water partition coefficient (Wildman–Crippen LogP) is 3.15. The third kappa shape index (κ3) is 4.47. The largest absolute Gasteiger partial charge is 0.325 e. The van der Waals surface area contributed by atoms with E-state index in [0.29, 0.717) is 11.7 Å². The zero-order valence-corrected chi connectivity index (χ0v) is 13.2. The summed E-state index contributed by atoms with van der Waals surface area (Å²) >= 11 is 3.10. The van der Waals surface area contributed by atoms with Gasteiger partial charge in [-0.05, 0) is 26.0 Å². The van der Waals surface area contributed by atoms with Crippen molar-refractivity contribution in [3.8, 4) is 0 Å². The lowest BCUT2D eigenvalue weighted by molar-refractivity contribution is -0.384. The average Bonchev–Trinajstić information content (AvgIpc) is 2.84. The molecule has 8 heteroatoms. The molecule has 0 fully saturated rings. The lowest BCUT2D eigenvalue weighted by Gasteiger charge is -2.11. The standard InChI is InChI=1S/C13H15N3O3S2/c1-8-7-20-13(14-8)21-9(2)12(17)15-10-3-5-11(6-4-10)16(18)19/h3-6,8-9H,7H2,1-2H3,(H,15,17)/t8-,9-/m1/s1. The lowest BCUT2D eigenvalue weighted by Crippen LogP contribution is -2.23. The maximum atomic E-state index is 12.1. The van der Waals surface area contributed by atoms with Gasteiger partial charge in [0, 0.05) is 23.6 Å². The Hall–Kier alpha value is -1.54. The van der Waals surface area contributed by atoms with Gasteiger partial charge in [0.2, 0.25) is 5.91 Å². The first-order valence-corrected chi connectivity index (χ1v) is 8.25. The van der Waals surface area contributed by atoms with Crippen molar-refractivity contribution in [1.29, 1.82) is 0 Å². The molecule has 21 heavy (non-hydrogen) atoms. The van der Waals surface area contributed by atoms with E-state index >= 15 is 0 Å². The molecular formula is C13H15N3O3S2. The minimum atomic E-state index is -0.472. The SMILES string of the molecule is C[C@@H]1CSC(S[C@H](C)C(=O)Nc2ccc([N+](=O)[O-])cc2)=N1. The van der Waals surface area contributed by atoms with E-state index in [1.165, 1.54) is 36.0 Å². The van der Waals surface area contributed by atoms with Gasteiger partial charge >= 0.3 is 0 Å². The Bertz CT molecular complexity index is 575. The van der Waals surface area contributed by atoms with Crippen LogP contribution in [0.15, 0.2) is 29.3 Å². The summed E-state index contributed by atoms with van der Waals surface area (Å²) in [6, 6.07) is 6.09. The molecule has 0 aromatic heterocycles. The molecule has 0 spiro atoms. The number of hydrogen-bond donors (Lipinski definition) is 1. The normalized spacial score (nSPS) is 19.0. The molecule has 1 N–H and O–H groups in total. The molecule has 0 radical (unpaired) electrons. The Morgan fingerprint density at radius 2 is 2.19 bits per heavy atom. The number of rotatable bonds is 4. The van der Waals surface area contributed by atoms with Crippen LogP contribution in [0, 0.1) is 10.1 Å². The molecule has 0 unspecified atom stereocenters. The van der Waals surface area contributed by atoms with Gasteiger partial charge < -0.3 is 5.32 Å². The lowest BCUT2D eigenvalue weighted by atomic mass is 10.3. The fraction of sp³-hybridized carbons (Fsp3) is 0.385. The highest BCUT2D eigenvalue weighted by Crippen LogP contribution is 2.29. The molecule has 1 aromatic carbocycles. The molecule has 112 valence electrons. The van der Waals surface area contributed by atoms with Gasteiger partial charge in [0.25, 0.3) is 5.69 Å². The highest BCUT2D eigenvalue weighted by atomic mass is 32.2. The second-order valence-corrected chi connectivity index (χ2v) is 7.20. The Morgan fingerprint density at radius 3 is 2.71 bits per heavy atom. The van der Waals surface area contributed by atoms with Crippen LogP contribution in [0.4, 0.5) is 11.4 Å². The zero-order chi connectivity index (χ0) is 15.4. The van der Waals surface area contributed by atoms with E-state index in [9.17, 15) is 14.9 Å². The number of amides is 1. The fourth-order valence-electron chi connectivity index (χ4n) is 1.63. The fourth-order valence-corrected chi connectivity index (χ4v) is 3.96. The summed E-state index contributed by atoms with van der Waals surface area (Å²) in [6.07, 6.45) is 0. The monoisotopic (exact) mass is 325 g/mol. The maximum absolute atomic E-state index is 12.1. The van der Waals surface area contributed by atoms with Crippen LogP contribution in [0.2, 0.25) is 0 Å². The third-order valence-electron chi connectivity index (χ3n) is 2.77. The summed E-state index contributed by atoms with van der Waals surface area (Å²) < 4.78 is 0.939. The summed E-state index contributed by atoms with van der Waals surface area (Å²) in [5.41, 5.74) is 0.550. The van der Waals surface area contributed by atoms with Gasteiger partial charge in [-0.3, -0.25) is 19.9 Å². The molecule has 1 heterocycles. The number of thioether (sulfide) groups is 2. The van der Waals surface area contributed by atoms with Crippen molar-refractivity contribution in [3.63, 3.8) is 0 Å². The number of hydrogen-bond acceptors (Lipinski definition) is 6. The van der Waals surface area contributed by atoms with Crippen LogP contribution in [0.1, 0.15) is 13.8 Å². The van der Waals surface area contributed by atoms with Gasteiger partial charge in [-0.1, -0.05) is 23.5 Å². The minimum Gasteiger partial charge on any atom is -0.325 e. The minimum absolute atomic E-state index is 0.00104. The van der Waals surface area contributed by atoms with Crippen LogP contribution in [0.3, 0.4) is 0 Å². The summed E-state index contributed by atoms with van der Waals surface area (Å²) in [7, 11) is 0. The van der Waals surface area contributed by atoms with E-state index < -0.39 is 4.92 Å². The number of nitrogens with zero attached hydrogens (tertiary/aromatic N) is 2. The molecular weight excluding hydrogens is 310 g/mol. The van der Waals surface area contributed by atoms with Crippen LogP contribution < -0.4 is 5.32 Å². The Balaban J connectivity index is 1.91. The number of nitro benzene ring substituents is 1. The van der Waals surface area contributed by atoms with Gasteiger partial charge in [0.05, 0.1) is 16.2 Å². The molecule has 0 saturated carbocycles. The molecule has 2 atom stereocenters. The van der Waals surface area contributed by atoms with Crippen molar-refractivity contribution >= 4 is 45.2 Å². The summed E-state index contributed by atoms with van der Waals surface area (Å²) in [5.74, 6) is 0.815. The smallest absolute Gasteiger partial charge is 0.269 e. The summed E-state index contributed by atoms with van der Waals surface area (Å²) in [6.45, 7) is 3.86. The number of benzene rings is 1. The van der Waals surface area contributed by atoms with Gasteiger partial charge in [0.1, 0.15) is 4.38 Å². The van der Waals surface area contributed by atoms with Gasteiger partial charge in [0.15, 0.2) is 0 Å². The van der Waals surface area contributed by atoms with E-state index in [1.54, 1.807) is 11.8 Å². The number of aliphatic imine (C=N–C) groups is 1. The number of non-ortho nitro benzene ring substituents is 1. The Morgan fingerprint density at radius 1 is 1.52 bits per heavy atom. The van der Waals surface area contributed by atoms with E-state index in [-0.39, 0.29) is 16.8 Å². The molecule has 0 aliphatic carbocycles. The van der Waals surface area contributed by atoms with Crippen LogP contribution in [0.5, 0.6) is 0 Å². The van der Waals surface area contributed by atoms with Gasteiger partial charge in [-0.25, -0.2) is 0 Å². The third-order valence-corrected chi connectivity index (χ3v) is 5.28. The molecule has 0 saturated heterocycles. The van der Waals surface area contributed by atoms with Crippen molar-refractivity contribution < 1.29 is 9.72 Å². The van der Waals surface area contributed by atoms with Crippen molar-refractivity contribution in [2.24, 2.45) is 4.99 Å². The van der Waals surface area contributed by atoms with Crippen LogP contribution in [0.25, 0.3) is 0 Å². The second-order valence-electron chi connectivity index (χ2n) is 4.61. The van der Waals surface area contributed by atoms with Crippen LogP contribution in [-0.4, -0.2) is 32.3 Å². The highest BCUT2D eigenvalue weighted by molar-refractivity contribution is 8.39. The number of carbonyl (C=O) groups is 1. The number of carbonyl (C=O) groups excluding carboxylic acids is 1. The zero-order valence-electron chi connectivity index (χ0n) is 11.6. The first kappa shape index (κ1) is 15.8. The number of nitrogens with one attached hydrogen (secondary N) is 1. The van der Waals surface area contributed by atoms with E-state index in [4.69, 9.17) is 0 Å². The Kier molecular flexibility index (Phi) is 5.24. The molecule has 0 bridgehead atoms. The second kappa shape index (κ2) is 6.95. The number of anilines is 1. The van der Waals surface area contributed by atoms with Crippen molar-refractivity contribution in [1.82, 2.24) is 0 Å². The summed E-state index contributed by atoms with van der Waals surface area (Å²) in [5, 5.41) is 13.0. The average molecular weight is 325 g/mol. The van der Waals surface area contributed by atoms with Crippen molar-refractivity contribution in [3.05, 3.63) is 34.4 Å². The van der Waals surface area contributed by atoms with E-state index in [0.717, 1.165) is 10.1 Å². The van der Waals surface area contributed by atoms with E-state index in [2.05, 4.69) is 10.3 Å². The topological polar surface area (TPSA) is 84.6 Å². The number of nitro groups is 1. The van der Waals surface area contributed by atoms with Crippen LogP contribution >= 0.6 is 23.5 Å². The molecule has 1 amide bonds. The maximum Gasteiger partial charge on any atom is 0.269 e. The molecule has 6 nitrogen and oxygen atoms in total. The summed E-state index contributed by atoms with van der Waals surface area (Å²) in [4.78, 5) is 26.6. The molecule has 1 aliphatic rings. The highest BCUT2D eigenvalue weighted by Gasteiger charge is 2.21. The molecule has 1 aliphatic heterocycles. The van der Waals surface area contributed by atoms with Crippen LogP contribution in [-0.2, 0) is 4.79 Å². The predicted molar refractivity (Wildman–Crippen MR) is 88.1 cm³/mol. The first-order chi connectivity index (χ1) is 9.95. The quantitative estimate of drug-likeness (QED) is 0.679. The van der Waals surface area contributed by atoms with E-state index in [1.807, 2.05) is 13.8 Å². The Labute approximate surface area is 130 Å². The van der Waals surface area contributed by atoms with Crippen molar-refractivity contribution in [2.75, 3.05) is 11.1 Å². The van der Waals surface area contributed by atoms with Gasteiger partial charge in [-0.15, -0.1) is 0 Å². The van der Waals surface area contributed by atoms with Crippen molar-refractivity contribution in [2.45, 2.75) is 25.1 Å². The molecule has 2 rings (SSSR count). The first-order valence-electron chi connectivity index (χ1n) is 6.38. The van der Waals surface area contributed by atoms with Gasteiger partial charge in [-0.2, -0.15) is 0 Å². The molecule has 1 aromatic rings.